The molecule has 8 nitrogen and oxygen atoms in total. The standard InChI is InChI=1S/C28H24N4O4/c1-17-25(28(34)31-21-10-6-12-29-16-21)26(19-9-5-11-22(13-19)32(35)36)27-23(30-17)14-20(15-24(27)33)18-7-3-2-4-8-18/h2-13,16,20,26,30H,14-15H2,1H3,(H,31,34). The maximum Gasteiger partial charge on any atom is 0.269 e. The van der Waals surface area contributed by atoms with Crippen molar-refractivity contribution in [2.45, 2.75) is 31.6 Å². The largest absolute Gasteiger partial charge is 0.362 e. The molecular formula is C28H24N4O4. The topological polar surface area (TPSA) is 114 Å². The Labute approximate surface area is 207 Å². The van der Waals surface area contributed by atoms with Gasteiger partial charge in [-0.25, -0.2) is 0 Å². The molecule has 0 bridgehead atoms. The molecule has 2 unspecified atom stereocenters. The van der Waals surface area contributed by atoms with E-state index in [2.05, 4.69) is 15.6 Å². The molecular weight excluding hydrogens is 456 g/mol. The molecule has 0 spiro atoms. The van der Waals surface area contributed by atoms with Crippen LogP contribution >= 0.6 is 0 Å². The van der Waals surface area contributed by atoms with Gasteiger partial charge in [0.25, 0.3) is 11.6 Å². The number of nitrogens with one attached hydrogen (secondary N) is 2. The van der Waals surface area contributed by atoms with E-state index >= 15 is 0 Å². The van der Waals surface area contributed by atoms with E-state index in [9.17, 15) is 19.7 Å². The average molecular weight is 481 g/mol. The number of aromatic nitrogens is 1. The van der Waals surface area contributed by atoms with Crippen LogP contribution in [0.3, 0.4) is 0 Å². The average Bonchev–Trinajstić information content (AvgIpc) is 2.88. The first-order valence-corrected chi connectivity index (χ1v) is 11.7. The molecule has 5 rings (SSSR count). The number of ketones is 1. The van der Waals surface area contributed by atoms with Gasteiger partial charge in [0.1, 0.15) is 0 Å². The second-order valence-corrected chi connectivity index (χ2v) is 8.98. The van der Waals surface area contributed by atoms with Crippen LogP contribution in [-0.2, 0) is 9.59 Å². The maximum atomic E-state index is 13.7. The lowest BCUT2D eigenvalue weighted by molar-refractivity contribution is -0.384. The van der Waals surface area contributed by atoms with Gasteiger partial charge in [-0.3, -0.25) is 24.7 Å². The van der Waals surface area contributed by atoms with E-state index < -0.39 is 16.7 Å². The molecule has 36 heavy (non-hydrogen) atoms. The van der Waals surface area contributed by atoms with E-state index in [1.54, 1.807) is 37.4 Å². The minimum Gasteiger partial charge on any atom is -0.362 e. The number of benzene rings is 2. The van der Waals surface area contributed by atoms with Crippen molar-refractivity contribution in [3.05, 3.63) is 123 Å². The predicted molar refractivity (Wildman–Crippen MR) is 135 cm³/mol. The maximum absolute atomic E-state index is 13.7. The molecule has 2 aromatic carbocycles. The van der Waals surface area contributed by atoms with Gasteiger partial charge in [-0.15, -0.1) is 0 Å². The number of carbonyl (C=O) groups is 2. The van der Waals surface area contributed by atoms with Crippen LogP contribution in [0.15, 0.2) is 102 Å². The molecule has 2 aliphatic rings. The van der Waals surface area contributed by atoms with Crippen LogP contribution in [0.5, 0.6) is 0 Å². The molecule has 0 saturated heterocycles. The summed E-state index contributed by atoms with van der Waals surface area (Å²) in [4.78, 5) is 42.3. The smallest absolute Gasteiger partial charge is 0.269 e. The fourth-order valence-corrected chi connectivity index (χ4v) is 5.09. The second-order valence-electron chi connectivity index (χ2n) is 8.98. The number of hydrogen-bond donors (Lipinski definition) is 2. The number of dihydropyridines is 1. The highest BCUT2D eigenvalue weighted by atomic mass is 16.6. The van der Waals surface area contributed by atoms with Crippen molar-refractivity contribution in [2.24, 2.45) is 0 Å². The van der Waals surface area contributed by atoms with Gasteiger partial charge in [0.15, 0.2) is 5.78 Å². The van der Waals surface area contributed by atoms with Gasteiger partial charge in [0, 0.05) is 53.2 Å². The summed E-state index contributed by atoms with van der Waals surface area (Å²) < 4.78 is 0. The molecule has 1 aliphatic carbocycles. The number of hydrogen-bond acceptors (Lipinski definition) is 6. The van der Waals surface area contributed by atoms with Crippen molar-refractivity contribution in [3.63, 3.8) is 0 Å². The second kappa shape index (κ2) is 9.58. The molecule has 0 saturated carbocycles. The van der Waals surface area contributed by atoms with E-state index in [0.29, 0.717) is 40.9 Å². The Kier molecular flexibility index (Phi) is 6.16. The third-order valence-corrected chi connectivity index (χ3v) is 6.68. The summed E-state index contributed by atoms with van der Waals surface area (Å²) in [6.07, 6.45) is 4.04. The summed E-state index contributed by atoms with van der Waals surface area (Å²) in [6, 6.07) is 19.5. The van der Waals surface area contributed by atoms with E-state index in [0.717, 1.165) is 11.3 Å². The number of anilines is 1. The van der Waals surface area contributed by atoms with Crippen molar-refractivity contribution in [1.82, 2.24) is 10.3 Å². The van der Waals surface area contributed by atoms with Gasteiger partial charge in [-0.2, -0.15) is 0 Å². The first kappa shape index (κ1) is 23.2. The van der Waals surface area contributed by atoms with Gasteiger partial charge in [0.2, 0.25) is 0 Å². The Morgan fingerprint density at radius 2 is 1.83 bits per heavy atom. The quantitative estimate of drug-likeness (QED) is 0.393. The van der Waals surface area contributed by atoms with Crippen molar-refractivity contribution >= 4 is 23.1 Å². The Bertz CT molecular complexity index is 1410. The number of amides is 1. The van der Waals surface area contributed by atoms with Crippen LogP contribution in [0, 0.1) is 10.1 Å². The summed E-state index contributed by atoms with van der Waals surface area (Å²) in [6.45, 7) is 1.79. The van der Waals surface area contributed by atoms with Crippen LogP contribution in [0.2, 0.25) is 0 Å². The van der Waals surface area contributed by atoms with Crippen LogP contribution in [0.4, 0.5) is 11.4 Å². The van der Waals surface area contributed by atoms with Gasteiger partial charge >= 0.3 is 0 Å². The third-order valence-electron chi connectivity index (χ3n) is 6.68. The Hall–Kier alpha value is -4.59. The van der Waals surface area contributed by atoms with Crippen molar-refractivity contribution in [2.75, 3.05) is 5.32 Å². The lowest BCUT2D eigenvalue weighted by atomic mass is 9.71. The minimum atomic E-state index is -0.734. The highest BCUT2D eigenvalue weighted by molar-refractivity contribution is 6.10. The number of carbonyl (C=O) groups excluding carboxylic acids is 2. The van der Waals surface area contributed by atoms with Crippen molar-refractivity contribution in [1.29, 1.82) is 0 Å². The molecule has 180 valence electrons. The highest BCUT2D eigenvalue weighted by Gasteiger charge is 2.41. The predicted octanol–water partition coefficient (Wildman–Crippen LogP) is 4.99. The summed E-state index contributed by atoms with van der Waals surface area (Å²) in [5.74, 6) is -1.20. The first-order valence-electron chi connectivity index (χ1n) is 11.7. The first-order chi connectivity index (χ1) is 17.4. The monoisotopic (exact) mass is 480 g/mol. The highest BCUT2D eigenvalue weighted by Crippen LogP contribution is 2.46. The molecule has 1 aliphatic heterocycles. The van der Waals surface area contributed by atoms with E-state index in [4.69, 9.17) is 0 Å². The SMILES string of the molecule is CC1=C(C(=O)Nc2cccnc2)C(c2cccc([N+](=O)[O-])c2)C2=C(CC(c3ccccc3)CC2=O)N1. The fourth-order valence-electron chi connectivity index (χ4n) is 5.09. The summed E-state index contributed by atoms with van der Waals surface area (Å²) >= 11 is 0. The van der Waals surface area contributed by atoms with Crippen LogP contribution in [-0.4, -0.2) is 21.6 Å². The molecule has 0 radical (unpaired) electrons. The number of non-ortho nitro benzene ring substituents is 1. The molecule has 3 aromatic rings. The zero-order chi connectivity index (χ0) is 25.2. The van der Waals surface area contributed by atoms with Gasteiger partial charge < -0.3 is 10.6 Å². The van der Waals surface area contributed by atoms with Gasteiger partial charge in [0.05, 0.1) is 16.8 Å². The number of pyridine rings is 1. The summed E-state index contributed by atoms with van der Waals surface area (Å²) in [7, 11) is 0. The van der Waals surface area contributed by atoms with Crippen LogP contribution in [0.1, 0.15) is 42.7 Å². The number of nitro groups is 1. The molecule has 0 fully saturated rings. The molecule has 2 N–H and O–H groups in total. The number of allylic oxidation sites excluding steroid dienone is 3. The number of nitrogens with zero attached hydrogens (tertiary/aromatic N) is 2. The van der Waals surface area contributed by atoms with E-state index in [-0.39, 0.29) is 17.4 Å². The molecule has 2 atom stereocenters. The number of Topliss-reactive ketones (excluding diaryl/α,β-unsaturated/α-hetero) is 1. The molecule has 8 heteroatoms. The zero-order valence-corrected chi connectivity index (χ0v) is 19.6. The molecule has 1 amide bonds. The Balaban J connectivity index is 1.60. The summed E-state index contributed by atoms with van der Waals surface area (Å²) in [5.41, 5.74) is 4.23. The normalized spacial score (nSPS) is 19.4. The number of rotatable bonds is 5. The van der Waals surface area contributed by atoms with Crippen LogP contribution < -0.4 is 10.6 Å². The van der Waals surface area contributed by atoms with E-state index in [1.165, 1.54) is 18.3 Å². The molecule has 2 heterocycles. The zero-order valence-electron chi connectivity index (χ0n) is 19.6. The lowest BCUT2D eigenvalue weighted by Gasteiger charge is -2.37. The van der Waals surface area contributed by atoms with E-state index in [1.807, 2.05) is 30.3 Å². The summed E-state index contributed by atoms with van der Waals surface area (Å²) in [5, 5.41) is 17.7. The van der Waals surface area contributed by atoms with Gasteiger partial charge in [-0.1, -0.05) is 42.5 Å². The lowest BCUT2D eigenvalue weighted by Crippen LogP contribution is -2.37. The Morgan fingerprint density at radius 1 is 1.06 bits per heavy atom. The van der Waals surface area contributed by atoms with Crippen molar-refractivity contribution < 1.29 is 14.5 Å². The van der Waals surface area contributed by atoms with Crippen LogP contribution in [0.25, 0.3) is 0 Å². The third kappa shape index (κ3) is 4.40. The van der Waals surface area contributed by atoms with Crippen molar-refractivity contribution in [3.8, 4) is 0 Å². The Morgan fingerprint density at radius 3 is 2.56 bits per heavy atom. The number of nitro benzene ring substituents is 1. The molecule has 1 aromatic heterocycles. The fraction of sp³-hybridized carbons (Fsp3) is 0.179. The minimum absolute atomic E-state index is 0.00859. The van der Waals surface area contributed by atoms with Gasteiger partial charge in [-0.05, 0) is 42.5 Å².